The third-order valence-corrected chi connectivity index (χ3v) is 3.95. The van der Waals surface area contributed by atoms with Crippen molar-refractivity contribution in [1.29, 1.82) is 0 Å². The number of anilines is 1. The molecule has 0 saturated heterocycles. The normalized spacial score (nSPS) is 10.4. The summed E-state index contributed by atoms with van der Waals surface area (Å²) in [6.07, 6.45) is 0. The lowest BCUT2D eigenvalue weighted by molar-refractivity contribution is 0.0561. The molecule has 0 spiro atoms. The zero-order chi connectivity index (χ0) is 19.8. The number of para-hydroxylation sites is 1. The molecule has 3 aromatic rings. The summed E-state index contributed by atoms with van der Waals surface area (Å²) >= 11 is 0. The molecule has 0 aliphatic carbocycles. The Labute approximate surface area is 163 Å². The van der Waals surface area contributed by atoms with Gasteiger partial charge in [-0.2, -0.15) is 0 Å². The van der Waals surface area contributed by atoms with Crippen molar-refractivity contribution >= 4 is 11.7 Å². The molecule has 7 heteroatoms. The molecule has 1 heterocycles. The molecule has 2 N–H and O–H groups in total. The van der Waals surface area contributed by atoms with E-state index in [1.54, 1.807) is 19.2 Å². The van der Waals surface area contributed by atoms with Crippen molar-refractivity contribution in [1.82, 2.24) is 5.43 Å². The Bertz CT molecular complexity index is 908. The highest BCUT2D eigenvalue weighted by atomic mass is 16.5. The maximum Gasteiger partial charge on any atom is 0.373 e. The Hall–Kier alpha value is -3.45. The third kappa shape index (κ3) is 5.05. The maximum absolute atomic E-state index is 11.4. The van der Waals surface area contributed by atoms with Gasteiger partial charge in [-0.3, -0.25) is 0 Å². The Morgan fingerprint density at radius 1 is 1.00 bits per heavy atom. The zero-order valence-electron chi connectivity index (χ0n) is 15.7. The number of rotatable bonds is 9. The number of furan rings is 1. The monoisotopic (exact) mass is 382 g/mol. The molecular formula is C21H22N2O5. The molecule has 2 aromatic carbocycles. The van der Waals surface area contributed by atoms with Crippen LogP contribution >= 0.6 is 0 Å². The molecule has 0 atom stereocenters. The van der Waals surface area contributed by atoms with Gasteiger partial charge in [-0.25, -0.2) is 10.2 Å². The second kappa shape index (κ2) is 9.48. The van der Waals surface area contributed by atoms with Crippen molar-refractivity contribution in [3.05, 3.63) is 77.7 Å². The summed E-state index contributed by atoms with van der Waals surface area (Å²) in [7, 11) is 2.89. The topological polar surface area (TPSA) is 82.0 Å². The predicted molar refractivity (Wildman–Crippen MR) is 104 cm³/mol. The lowest BCUT2D eigenvalue weighted by atomic mass is 10.2. The molecule has 0 saturated carbocycles. The van der Waals surface area contributed by atoms with Gasteiger partial charge in [0.2, 0.25) is 5.76 Å². The van der Waals surface area contributed by atoms with Crippen LogP contribution in [0.5, 0.6) is 11.5 Å². The number of methoxy groups -OCH3 is 2. The first-order valence-corrected chi connectivity index (χ1v) is 8.70. The van der Waals surface area contributed by atoms with Gasteiger partial charge < -0.3 is 24.1 Å². The molecular weight excluding hydrogens is 360 g/mol. The summed E-state index contributed by atoms with van der Waals surface area (Å²) in [6, 6.07) is 18.8. The average molecular weight is 382 g/mol. The quantitative estimate of drug-likeness (QED) is 0.431. The molecule has 0 unspecified atom stereocenters. The molecule has 146 valence electrons. The summed E-state index contributed by atoms with van der Waals surface area (Å²) in [5.41, 5.74) is 8.31. The number of carbonyl (C=O) groups excluding carboxylic acids is 1. The van der Waals surface area contributed by atoms with E-state index in [-0.39, 0.29) is 12.4 Å². The number of nitrogens with one attached hydrogen (secondary N) is 2. The summed E-state index contributed by atoms with van der Waals surface area (Å²) in [5.74, 6) is 1.32. The van der Waals surface area contributed by atoms with Crippen molar-refractivity contribution in [2.45, 2.75) is 13.2 Å². The second-order valence-corrected chi connectivity index (χ2v) is 5.88. The number of carbonyl (C=O) groups is 1. The second-order valence-electron chi connectivity index (χ2n) is 5.88. The van der Waals surface area contributed by atoms with E-state index in [0.29, 0.717) is 23.8 Å². The van der Waals surface area contributed by atoms with Gasteiger partial charge in [0, 0.05) is 12.2 Å². The summed E-state index contributed by atoms with van der Waals surface area (Å²) < 4.78 is 21.2. The number of hydrogen-bond acceptors (Lipinski definition) is 7. The predicted octanol–water partition coefficient (Wildman–Crippen LogP) is 3.77. The van der Waals surface area contributed by atoms with Crippen molar-refractivity contribution in [2.24, 2.45) is 0 Å². The van der Waals surface area contributed by atoms with Gasteiger partial charge >= 0.3 is 5.97 Å². The lowest BCUT2D eigenvalue weighted by Crippen LogP contribution is -2.20. The van der Waals surface area contributed by atoms with E-state index in [0.717, 1.165) is 11.3 Å². The minimum atomic E-state index is -0.523. The Morgan fingerprint density at radius 2 is 1.82 bits per heavy atom. The zero-order valence-corrected chi connectivity index (χ0v) is 15.7. The molecule has 7 nitrogen and oxygen atoms in total. The van der Waals surface area contributed by atoms with Crippen molar-refractivity contribution in [3.63, 3.8) is 0 Å². The van der Waals surface area contributed by atoms with Crippen LogP contribution in [0.4, 0.5) is 5.69 Å². The summed E-state index contributed by atoms with van der Waals surface area (Å²) in [6.45, 7) is 0.771. The van der Waals surface area contributed by atoms with Gasteiger partial charge in [-0.15, -0.1) is 0 Å². The fraction of sp³-hybridized carbons (Fsp3) is 0.190. The van der Waals surface area contributed by atoms with Crippen LogP contribution in [0.3, 0.4) is 0 Å². The first kappa shape index (κ1) is 19.3. The minimum Gasteiger partial charge on any atom is -0.493 e. The first-order chi connectivity index (χ1) is 13.7. The minimum absolute atomic E-state index is 0.139. The molecule has 0 fully saturated rings. The van der Waals surface area contributed by atoms with E-state index in [2.05, 4.69) is 15.6 Å². The van der Waals surface area contributed by atoms with Crippen LogP contribution in [0.2, 0.25) is 0 Å². The number of benzene rings is 2. The molecule has 0 amide bonds. The molecule has 0 radical (unpaired) electrons. The van der Waals surface area contributed by atoms with Gasteiger partial charge in [0.25, 0.3) is 0 Å². The van der Waals surface area contributed by atoms with Gasteiger partial charge in [0.1, 0.15) is 12.4 Å². The highest BCUT2D eigenvalue weighted by molar-refractivity contribution is 5.86. The molecule has 3 rings (SSSR count). The van der Waals surface area contributed by atoms with E-state index < -0.39 is 5.97 Å². The van der Waals surface area contributed by atoms with E-state index in [1.807, 2.05) is 48.5 Å². The van der Waals surface area contributed by atoms with E-state index in [9.17, 15) is 4.79 Å². The van der Waals surface area contributed by atoms with Crippen molar-refractivity contribution < 1.29 is 23.4 Å². The van der Waals surface area contributed by atoms with Gasteiger partial charge in [0.15, 0.2) is 11.5 Å². The summed E-state index contributed by atoms with van der Waals surface area (Å²) in [5, 5.41) is 0. The number of esters is 1. The average Bonchev–Trinajstić information content (AvgIpc) is 3.22. The van der Waals surface area contributed by atoms with Gasteiger partial charge in [-0.05, 0) is 42.0 Å². The molecule has 1 aromatic heterocycles. The maximum atomic E-state index is 11.4. The molecule has 0 aliphatic rings. The number of ether oxygens (including phenoxy) is 3. The lowest BCUT2D eigenvalue weighted by Gasteiger charge is -2.13. The van der Waals surface area contributed by atoms with Crippen LogP contribution in [0.15, 0.2) is 65.1 Å². The van der Waals surface area contributed by atoms with Crippen LogP contribution < -0.4 is 20.3 Å². The van der Waals surface area contributed by atoms with Crippen LogP contribution in [0, 0.1) is 0 Å². The SMILES string of the molecule is COC(=O)c1ccc(COc2ccc(CNNc3ccccc3)cc2OC)o1. The number of hydrogen-bond donors (Lipinski definition) is 2. The first-order valence-electron chi connectivity index (χ1n) is 8.70. The van der Waals surface area contributed by atoms with Gasteiger partial charge in [0.05, 0.1) is 14.2 Å². The van der Waals surface area contributed by atoms with Crippen LogP contribution in [-0.4, -0.2) is 20.2 Å². The standard InChI is InChI=1S/C21H22N2O5/c1-25-20-12-15(13-22-23-16-6-4-3-5-7-16)8-10-18(20)27-14-17-9-11-19(28-17)21(24)26-2/h3-12,22-23H,13-14H2,1-2H3. The molecule has 0 aliphatic heterocycles. The molecule has 0 bridgehead atoms. The van der Waals surface area contributed by atoms with Crippen LogP contribution in [0.25, 0.3) is 0 Å². The fourth-order valence-corrected chi connectivity index (χ4v) is 2.53. The highest BCUT2D eigenvalue weighted by Gasteiger charge is 2.12. The van der Waals surface area contributed by atoms with E-state index in [1.165, 1.54) is 7.11 Å². The summed E-state index contributed by atoms with van der Waals surface area (Å²) in [4.78, 5) is 11.4. The number of hydrazine groups is 1. The van der Waals surface area contributed by atoms with Gasteiger partial charge in [-0.1, -0.05) is 24.3 Å². The third-order valence-electron chi connectivity index (χ3n) is 3.95. The van der Waals surface area contributed by atoms with Crippen molar-refractivity contribution in [3.8, 4) is 11.5 Å². The van der Waals surface area contributed by atoms with Crippen molar-refractivity contribution in [2.75, 3.05) is 19.6 Å². The van der Waals surface area contributed by atoms with E-state index >= 15 is 0 Å². The smallest absolute Gasteiger partial charge is 0.373 e. The van der Waals surface area contributed by atoms with E-state index in [4.69, 9.17) is 13.9 Å². The van der Waals surface area contributed by atoms with Crippen LogP contribution in [-0.2, 0) is 17.9 Å². The largest absolute Gasteiger partial charge is 0.493 e. The Kier molecular flexibility index (Phi) is 6.54. The highest BCUT2D eigenvalue weighted by Crippen LogP contribution is 2.29. The molecule has 28 heavy (non-hydrogen) atoms. The van der Waals surface area contributed by atoms with Crippen LogP contribution in [0.1, 0.15) is 21.9 Å². The fourth-order valence-electron chi connectivity index (χ4n) is 2.53. The Morgan fingerprint density at radius 3 is 2.57 bits per heavy atom. The Balaban J connectivity index is 1.56.